The van der Waals surface area contributed by atoms with E-state index in [1.54, 1.807) is 9.80 Å². The minimum Gasteiger partial charge on any atom is -0.382 e. The zero-order chi connectivity index (χ0) is 14.7. The molecule has 0 unspecified atom stereocenters. The average molecular weight is 280 g/mol. The van der Waals surface area contributed by atoms with Crippen LogP contribution in [0.1, 0.15) is 10.5 Å². The standard InChI is InChI=1S/C12H20N6O2/c1-16(2)8-11(19)17-3-5-18(6-4-17)12(20)9-7-10(13)15-14-9/h7H,3-6,8H2,1-2H3,(H3,13,14,15). The third-order valence-electron chi connectivity index (χ3n) is 3.20. The van der Waals surface area contributed by atoms with Crippen LogP contribution in [0.25, 0.3) is 0 Å². The van der Waals surface area contributed by atoms with Gasteiger partial charge in [0.2, 0.25) is 5.91 Å². The number of nitrogens with zero attached hydrogens (tertiary/aromatic N) is 4. The van der Waals surface area contributed by atoms with Crippen molar-refractivity contribution in [2.45, 2.75) is 0 Å². The number of nitrogens with one attached hydrogen (secondary N) is 1. The summed E-state index contributed by atoms with van der Waals surface area (Å²) in [5, 5.41) is 6.35. The fraction of sp³-hybridized carbons (Fsp3) is 0.583. The Morgan fingerprint density at radius 2 is 1.90 bits per heavy atom. The lowest BCUT2D eigenvalue weighted by atomic mass is 10.2. The van der Waals surface area contributed by atoms with E-state index in [9.17, 15) is 9.59 Å². The molecule has 2 amide bonds. The molecule has 1 aromatic rings. The highest BCUT2D eigenvalue weighted by molar-refractivity contribution is 5.93. The van der Waals surface area contributed by atoms with E-state index >= 15 is 0 Å². The van der Waals surface area contributed by atoms with Crippen LogP contribution in [0.5, 0.6) is 0 Å². The van der Waals surface area contributed by atoms with Crippen molar-refractivity contribution in [2.75, 3.05) is 52.6 Å². The van der Waals surface area contributed by atoms with Crippen LogP contribution in [-0.2, 0) is 4.79 Å². The van der Waals surface area contributed by atoms with Gasteiger partial charge in [-0.1, -0.05) is 0 Å². The third-order valence-corrected chi connectivity index (χ3v) is 3.20. The summed E-state index contributed by atoms with van der Waals surface area (Å²) in [6.45, 7) is 2.56. The maximum absolute atomic E-state index is 12.2. The van der Waals surface area contributed by atoms with Gasteiger partial charge in [0.1, 0.15) is 11.5 Å². The van der Waals surface area contributed by atoms with E-state index in [0.29, 0.717) is 44.2 Å². The summed E-state index contributed by atoms with van der Waals surface area (Å²) < 4.78 is 0. The van der Waals surface area contributed by atoms with Crippen molar-refractivity contribution >= 4 is 17.6 Å². The molecular weight excluding hydrogens is 260 g/mol. The van der Waals surface area contributed by atoms with E-state index in [0.717, 1.165) is 0 Å². The minimum atomic E-state index is -0.131. The molecule has 1 saturated heterocycles. The number of H-pyrrole nitrogens is 1. The Balaban J connectivity index is 1.88. The Morgan fingerprint density at radius 1 is 1.30 bits per heavy atom. The maximum Gasteiger partial charge on any atom is 0.272 e. The summed E-state index contributed by atoms with van der Waals surface area (Å²) in [5.74, 6) is 0.259. The number of hydrogen-bond donors (Lipinski definition) is 2. The van der Waals surface area contributed by atoms with Crippen molar-refractivity contribution in [1.82, 2.24) is 24.9 Å². The highest BCUT2D eigenvalue weighted by atomic mass is 16.2. The van der Waals surface area contributed by atoms with Crippen LogP contribution in [-0.4, -0.2) is 83.5 Å². The lowest BCUT2D eigenvalue weighted by Crippen LogP contribution is -2.52. The molecule has 8 nitrogen and oxygen atoms in total. The second-order valence-corrected chi connectivity index (χ2v) is 5.12. The molecular formula is C12H20N6O2. The predicted octanol–water partition coefficient (Wildman–Crippen LogP) is -1.16. The highest BCUT2D eigenvalue weighted by Crippen LogP contribution is 2.09. The summed E-state index contributed by atoms with van der Waals surface area (Å²) >= 11 is 0. The number of piperazine rings is 1. The molecule has 8 heteroatoms. The van der Waals surface area contributed by atoms with E-state index < -0.39 is 0 Å². The molecule has 2 rings (SSSR count). The number of carbonyl (C=O) groups is 2. The van der Waals surface area contributed by atoms with Gasteiger partial charge in [-0.15, -0.1) is 0 Å². The monoisotopic (exact) mass is 280 g/mol. The SMILES string of the molecule is CN(C)CC(=O)N1CCN(C(=O)c2cc(N)n[nH]2)CC1. The van der Waals surface area contributed by atoms with Crippen LogP contribution in [0.3, 0.4) is 0 Å². The Bertz CT molecular complexity index is 490. The molecule has 20 heavy (non-hydrogen) atoms. The number of aromatic amines is 1. The van der Waals surface area contributed by atoms with E-state index in [2.05, 4.69) is 10.2 Å². The predicted molar refractivity (Wildman–Crippen MR) is 74.0 cm³/mol. The average Bonchev–Trinajstić information content (AvgIpc) is 2.84. The van der Waals surface area contributed by atoms with Gasteiger partial charge in [-0.05, 0) is 14.1 Å². The van der Waals surface area contributed by atoms with Gasteiger partial charge in [0.15, 0.2) is 0 Å². The Morgan fingerprint density at radius 3 is 2.40 bits per heavy atom. The first-order valence-corrected chi connectivity index (χ1v) is 6.50. The molecule has 0 atom stereocenters. The Hall–Kier alpha value is -2.09. The fourth-order valence-electron chi connectivity index (χ4n) is 2.15. The number of aromatic nitrogens is 2. The smallest absolute Gasteiger partial charge is 0.272 e. The van der Waals surface area contributed by atoms with Crippen LogP contribution in [0.15, 0.2) is 6.07 Å². The Kier molecular flexibility index (Phi) is 4.23. The second kappa shape index (κ2) is 5.91. The molecule has 0 spiro atoms. The molecule has 3 N–H and O–H groups in total. The second-order valence-electron chi connectivity index (χ2n) is 5.12. The van der Waals surface area contributed by atoms with Gasteiger partial charge >= 0.3 is 0 Å². The number of nitrogens with two attached hydrogens (primary N) is 1. The minimum absolute atomic E-state index is 0.0906. The van der Waals surface area contributed by atoms with Crippen LogP contribution in [0, 0.1) is 0 Å². The summed E-state index contributed by atoms with van der Waals surface area (Å²) in [7, 11) is 3.72. The van der Waals surface area contributed by atoms with Gasteiger partial charge in [0, 0.05) is 32.2 Å². The van der Waals surface area contributed by atoms with Gasteiger partial charge in [0.25, 0.3) is 5.91 Å². The van der Waals surface area contributed by atoms with E-state index in [1.165, 1.54) is 6.07 Å². The van der Waals surface area contributed by atoms with E-state index in [-0.39, 0.29) is 11.8 Å². The van der Waals surface area contributed by atoms with E-state index in [4.69, 9.17) is 5.73 Å². The summed E-state index contributed by atoms with van der Waals surface area (Å²) in [6, 6.07) is 1.52. The zero-order valence-electron chi connectivity index (χ0n) is 11.8. The number of amides is 2. The summed E-state index contributed by atoms with van der Waals surface area (Å²) in [6.07, 6.45) is 0. The fourth-order valence-corrected chi connectivity index (χ4v) is 2.15. The number of rotatable bonds is 3. The molecule has 1 aromatic heterocycles. The van der Waals surface area contributed by atoms with Crippen molar-refractivity contribution in [3.63, 3.8) is 0 Å². The molecule has 0 bridgehead atoms. The quantitative estimate of drug-likeness (QED) is 0.727. The molecule has 1 fully saturated rings. The number of anilines is 1. The topological polar surface area (TPSA) is 98.6 Å². The molecule has 0 aliphatic carbocycles. The lowest BCUT2D eigenvalue weighted by molar-refractivity contribution is -0.133. The van der Waals surface area contributed by atoms with Crippen molar-refractivity contribution in [1.29, 1.82) is 0 Å². The maximum atomic E-state index is 12.2. The molecule has 1 aliphatic heterocycles. The highest BCUT2D eigenvalue weighted by Gasteiger charge is 2.25. The number of carbonyl (C=O) groups excluding carboxylic acids is 2. The first kappa shape index (κ1) is 14.3. The van der Waals surface area contributed by atoms with Crippen LogP contribution >= 0.6 is 0 Å². The molecule has 2 heterocycles. The van der Waals surface area contributed by atoms with Gasteiger partial charge < -0.3 is 20.4 Å². The molecule has 0 radical (unpaired) electrons. The number of nitrogen functional groups attached to an aromatic ring is 1. The van der Waals surface area contributed by atoms with Crippen molar-refractivity contribution in [3.05, 3.63) is 11.8 Å². The van der Waals surface area contributed by atoms with Gasteiger partial charge in [0.05, 0.1) is 6.54 Å². The van der Waals surface area contributed by atoms with Crippen LogP contribution in [0.2, 0.25) is 0 Å². The van der Waals surface area contributed by atoms with Gasteiger partial charge in [-0.3, -0.25) is 14.7 Å². The van der Waals surface area contributed by atoms with E-state index in [1.807, 2.05) is 19.0 Å². The normalized spacial score (nSPS) is 15.8. The van der Waals surface area contributed by atoms with Crippen LogP contribution in [0.4, 0.5) is 5.82 Å². The zero-order valence-corrected chi connectivity index (χ0v) is 11.8. The summed E-state index contributed by atoms with van der Waals surface area (Å²) in [4.78, 5) is 29.4. The lowest BCUT2D eigenvalue weighted by Gasteiger charge is -2.35. The molecule has 0 saturated carbocycles. The first-order chi connectivity index (χ1) is 9.47. The van der Waals surface area contributed by atoms with Crippen LogP contribution < -0.4 is 5.73 Å². The molecule has 110 valence electrons. The largest absolute Gasteiger partial charge is 0.382 e. The molecule has 0 aromatic carbocycles. The number of hydrogen-bond acceptors (Lipinski definition) is 5. The van der Waals surface area contributed by atoms with Gasteiger partial charge in [-0.25, -0.2) is 0 Å². The van der Waals surface area contributed by atoms with Crippen molar-refractivity contribution in [3.8, 4) is 0 Å². The third kappa shape index (κ3) is 3.27. The number of likely N-dealkylation sites (N-methyl/N-ethyl adjacent to an activating group) is 1. The van der Waals surface area contributed by atoms with Crippen molar-refractivity contribution < 1.29 is 9.59 Å². The molecule has 1 aliphatic rings. The Labute approximate surface area is 117 Å². The summed E-state index contributed by atoms with van der Waals surface area (Å²) in [5.41, 5.74) is 5.87. The first-order valence-electron chi connectivity index (χ1n) is 6.50. The van der Waals surface area contributed by atoms with Gasteiger partial charge in [-0.2, -0.15) is 5.10 Å². The van der Waals surface area contributed by atoms with Crippen molar-refractivity contribution in [2.24, 2.45) is 0 Å².